The van der Waals surface area contributed by atoms with Gasteiger partial charge in [0.2, 0.25) is 0 Å². The van der Waals surface area contributed by atoms with Gasteiger partial charge in [-0.15, -0.1) is 0 Å². The topological polar surface area (TPSA) is 75.6 Å². The van der Waals surface area contributed by atoms with Gasteiger partial charge in [0.05, 0.1) is 5.92 Å². The molecule has 7 heteroatoms. The molecule has 1 aromatic carbocycles. The van der Waals surface area contributed by atoms with E-state index in [4.69, 9.17) is 4.74 Å². The van der Waals surface area contributed by atoms with Gasteiger partial charge in [0, 0.05) is 12.0 Å². The first-order valence-electron chi connectivity index (χ1n) is 7.74. The summed E-state index contributed by atoms with van der Waals surface area (Å²) in [5.41, 5.74) is -0.654. The molecule has 1 aliphatic carbocycles. The molecule has 1 saturated carbocycles. The lowest BCUT2D eigenvalue weighted by atomic mass is 9.88. The third-order valence-corrected chi connectivity index (χ3v) is 3.96. The molecule has 0 saturated heterocycles. The molecule has 1 amide bonds. The number of rotatable bonds is 3. The van der Waals surface area contributed by atoms with Gasteiger partial charge in [-0.3, -0.25) is 4.79 Å². The Kier molecular flexibility index (Phi) is 5.11. The van der Waals surface area contributed by atoms with Crippen LogP contribution in [0.4, 0.5) is 13.6 Å². The summed E-state index contributed by atoms with van der Waals surface area (Å²) in [4.78, 5) is 23.3. The van der Waals surface area contributed by atoms with Gasteiger partial charge in [0.15, 0.2) is 0 Å². The van der Waals surface area contributed by atoms with E-state index in [0.29, 0.717) is 0 Å². The molecule has 24 heavy (non-hydrogen) atoms. The average Bonchev–Trinajstić information content (AvgIpc) is 2.83. The number of nitrogens with one attached hydrogen (secondary N) is 1. The summed E-state index contributed by atoms with van der Waals surface area (Å²) in [6, 6.07) is 2.51. The van der Waals surface area contributed by atoms with Gasteiger partial charge in [-0.2, -0.15) is 0 Å². The zero-order chi connectivity index (χ0) is 18.1. The van der Waals surface area contributed by atoms with E-state index in [1.165, 1.54) is 0 Å². The summed E-state index contributed by atoms with van der Waals surface area (Å²) in [5.74, 6) is -3.99. The second-order valence-corrected chi connectivity index (χ2v) is 7.03. The van der Waals surface area contributed by atoms with Crippen LogP contribution in [0, 0.1) is 17.6 Å². The first kappa shape index (κ1) is 18.2. The molecule has 132 valence electrons. The van der Waals surface area contributed by atoms with Crippen molar-refractivity contribution in [2.24, 2.45) is 5.92 Å². The number of hydrogen-bond donors (Lipinski definition) is 2. The molecule has 0 aromatic heterocycles. The Bertz CT molecular complexity index is 642. The van der Waals surface area contributed by atoms with E-state index < -0.39 is 47.2 Å². The SMILES string of the molecule is CC(C)(C)OC(=O)N[C@H]1C[C@@H](C(=O)O)[C@H](c2cc(F)ccc2F)C1. The Labute approximate surface area is 139 Å². The second-order valence-electron chi connectivity index (χ2n) is 7.03. The van der Waals surface area contributed by atoms with Crippen molar-refractivity contribution in [1.82, 2.24) is 5.32 Å². The number of amides is 1. The maximum Gasteiger partial charge on any atom is 0.407 e. The van der Waals surface area contributed by atoms with Crippen LogP contribution in [0.1, 0.15) is 45.1 Å². The number of carboxylic acid groups (broad SMARTS) is 1. The van der Waals surface area contributed by atoms with Crippen molar-refractivity contribution < 1.29 is 28.2 Å². The molecule has 1 fully saturated rings. The number of ether oxygens (including phenoxy) is 1. The van der Waals surface area contributed by atoms with Crippen LogP contribution in [0.2, 0.25) is 0 Å². The Hall–Kier alpha value is -2.18. The Morgan fingerprint density at radius 2 is 1.92 bits per heavy atom. The summed E-state index contributed by atoms with van der Waals surface area (Å²) in [7, 11) is 0. The molecule has 1 aliphatic rings. The predicted octanol–water partition coefficient (Wildman–Crippen LogP) is 3.44. The van der Waals surface area contributed by atoms with Crippen LogP contribution >= 0.6 is 0 Å². The monoisotopic (exact) mass is 341 g/mol. The minimum absolute atomic E-state index is 0.0240. The smallest absolute Gasteiger partial charge is 0.407 e. The highest BCUT2D eigenvalue weighted by Gasteiger charge is 2.41. The van der Waals surface area contributed by atoms with Crippen molar-refractivity contribution in [3.05, 3.63) is 35.4 Å². The van der Waals surface area contributed by atoms with Gasteiger partial charge < -0.3 is 15.2 Å². The quantitative estimate of drug-likeness (QED) is 0.883. The van der Waals surface area contributed by atoms with Gasteiger partial charge in [0.1, 0.15) is 17.2 Å². The number of benzene rings is 1. The fourth-order valence-corrected chi connectivity index (χ4v) is 3.05. The maximum absolute atomic E-state index is 14.0. The van der Waals surface area contributed by atoms with Crippen molar-refractivity contribution in [1.29, 1.82) is 0 Å². The van der Waals surface area contributed by atoms with E-state index in [9.17, 15) is 23.5 Å². The normalized spacial score (nSPS) is 23.8. The van der Waals surface area contributed by atoms with Crippen molar-refractivity contribution >= 4 is 12.1 Å². The Morgan fingerprint density at radius 3 is 2.50 bits per heavy atom. The number of hydrogen-bond acceptors (Lipinski definition) is 3. The molecular weight excluding hydrogens is 320 g/mol. The van der Waals surface area contributed by atoms with E-state index in [1.807, 2.05) is 0 Å². The third-order valence-electron chi connectivity index (χ3n) is 3.96. The molecule has 0 radical (unpaired) electrons. The number of carbonyl (C=O) groups is 2. The molecule has 3 atom stereocenters. The first-order valence-corrected chi connectivity index (χ1v) is 7.74. The van der Waals surface area contributed by atoms with E-state index in [0.717, 1.165) is 18.2 Å². The second kappa shape index (κ2) is 6.75. The molecule has 0 heterocycles. The van der Waals surface area contributed by atoms with Crippen LogP contribution in [0.15, 0.2) is 18.2 Å². The summed E-state index contributed by atoms with van der Waals surface area (Å²) in [6.07, 6.45) is -0.316. The van der Waals surface area contributed by atoms with Gasteiger partial charge >= 0.3 is 12.1 Å². The lowest BCUT2D eigenvalue weighted by molar-refractivity contribution is -0.142. The van der Waals surface area contributed by atoms with Gasteiger partial charge in [-0.05, 0) is 57.4 Å². The van der Waals surface area contributed by atoms with E-state index >= 15 is 0 Å². The molecule has 2 N–H and O–H groups in total. The molecule has 0 aliphatic heterocycles. The number of aliphatic carboxylic acids is 1. The minimum atomic E-state index is -1.10. The largest absolute Gasteiger partial charge is 0.481 e. The zero-order valence-electron chi connectivity index (χ0n) is 13.8. The molecule has 2 rings (SSSR count). The van der Waals surface area contributed by atoms with Crippen molar-refractivity contribution in [3.63, 3.8) is 0 Å². The number of carbonyl (C=O) groups excluding carboxylic acids is 1. The maximum atomic E-state index is 14.0. The lowest BCUT2D eigenvalue weighted by Gasteiger charge is -2.21. The Balaban J connectivity index is 2.16. The standard InChI is InChI=1S/C17H21F2NO4/c1-17(2,3)24-16(23)20-10-7-11(13(8-10)15(21)22)12-6-9(18)4-5-14(12)19/h4-6,10-11,13H,7-8H2,1-3H3,(H,20,23)(H,21,22)/t10-,11+,13-/m1/s1. The van der Waals surface area contributed by atoms with Crippen LogP contribution in [-0.2, 0) is 9.53 Å². The summed E-state index contributed by atoms with van der Waals surface area (Å²) >= 11 is 0. The molecule has 1 aromatic rings. The van der Waals surface area contributed by atoms with E-state index in [-0.39, 0.29) is 18.4 Å². The zero-order valence-corrected chi connectivity index (χ0v) is 13.8. The number of alkyl carbamates (subject to hydrolysis) is 1. The van der Waals surface area contributed by atoms with Crippen molar-refractivity contribution in [3.8, 4) is 0 Å². The molecule has 5 nitrogen and oxygen atoms in total. The van der Waals surface area contributed by atoms with Crippen LogP contribution in [0.25, 0.3) is 0 Å². The van der Waals surface area contributed by atoms with Crippen LogP contribution in [-0.4, -0.2) is 28.8 Å². The molecule has 0 spiro atoms. The summed E-state index contributed by atoms with van der Waals surface area (Å²) in [5, 5.41) is 12.0. The van der Waals surface area contributed by atoms with Gasteiger partial charge in [-0.25, -0.2) is 13.6 Å². The van der Waals surface area contributed by atoms with E-state index in [2.05, 4.69) is 5.32 Å². The van der Waals surface area contributed by atoms with Crippen molar-refractivity contribution in [2.75, 3.05) is 0 Å². The van der Waals surface area contributed by atoms with Crippen LogP contribution in [0.5, 0.6) is 0 Å². The highest BCUT2D eigenvalue weighted by Crippen LogP contribution is 2.41. The lowest BCUT2D eigenvalue weighted by Crippen LogP contribution is -2.38. The van der Waals surface area contributed by atoms with Crippen molar-refractivity contribution in [2.45, 2.75) is 51.2 Å². The Morgan fingerprint density at radius 1 is 1.25 bits per heavy atom. The summed E-state index contributed by atoms with van der Waals surface area (Å²) in [6.45, 7) is 5.14. The first-order chi connectivity index (χ1) is 11.1. The highest BCUT2D eigenvalue weighted by atomic mass is 19.1. The highest BCUT2D eigenvalue weighted by molar-refractivity contribution is 5.73. The van der Waals surface area contributed by atoms with Gasteiger partial charge in [-0.1, -0.05) is 0 Å². The fourth-order valence-electron chi connectivity index (χ4n) is 3.05. The molecule has 0 bridgehead atoms. The number of halogens is 2. The summed E-state index contributed by atoms with van der Waals surface area (Å²) < 4.78 is 32.6. The minimum Gasteiger partial charge on any atom is -0.481 e. The third kappa shape index (κ3) is 4.43. The molecule has 0 unspecified atom stereocenters. The average molecular weight is 341 g/mol. The van der Waals surface area contributed by atoms with E-state index in [1.54, 1.807) is 20.8 Å². The van der Waals surface area contributed by atoms with Gasteiger partial charge in [0.25, 0.3) is 0 Å². The number of carboxylic acids is 1. The van der Waals surface area contributed by atoms with Crippen LogP contribution in [0.3, 0.4) is 0 Å². The predicted molar refractivity (Wildman–Crippen MR) is 82.6 cm³/mol. The molecular formula is C17H21F2NO4. The van der Waals surface area contributed by atoms with Crippen LogP contribution < -0.4 is 5.32 Å². The fraction of sp³-hybridized carbons (Fsp3) is 0.529.